The normalized spacial score (nSPS) is 18.6. The molecule has 1 saturated heterocycles. The number of hydrogen-bond donors (Lipinski definition) is 1. The Balaban J connectivity index is 2.28. The molecule has 4 heteroatoms. The van der Waals surface area contributed by atoms with E-state index < -0.39 is 0 Å². The van der Waals surface area contributed by atoms with E-state index in [4.69, 9.17) is 0 Å². The molecule has 0 radical (unpaired) electrons. The van der Waals surface area contributed by atoms with Gasteiger partial charge in [0.05, 0.1) is 6.07 Å². The van der Waals surface area contributed by atoms with Gasteiger partial charge in [-0.05, 0) is 30.2 Å². The lowest BCUT2D eigenvalue weighted by atomic mass is 10.00. The molecule has 1 fully saturated rings. The average Bonchev–Trinajstić information content (AvgIpc) is 2.36. The van der Waals surface area contributed by atoms with Crippen molar-refractivity contribution in [3.63, 3.8) is 0 Å². The molecule has 1 N–H and O–H groups in total. The van der Waals surface area contributed by atoms with Gasteiger partial charge in [0, 0.05) is 26.2 Å². The Bertz CT molecular complexity index is 433. The lowest BCUT2D eigenvalue weighted by Gasteiger charge is -2.31. The van der Waals surface area contributed by atoms with Crippen LogP contribution in [-0.2, 0) is 0 Å². The first-order valence-electron chi connectivity index (χ1n) is 5.83. The second kappa shape index (κ2) is 5.26. The van der Waals surface area contributed by atoms with Gasteiger partial charge in [-0.25, -0.2) is 4.39 Å². The Morgan fingerprint density at radius 2 is 2.12 bits per heavy atom. The van der Waals surface area contributed by atoms with Crippen LogP contribution in [0.15, 0.2) is 18.2 Å². The highest BCUT2D eigenvalue weighted by Gasteiger charge is 2.23. The van der Waals surface area contributed by atoms with Gasteiger partial charge in [-0.2, -0.15) is 5.26 Å². The number of nitrogens with zero attached hydrogens (tertiary/aromatic N) is 2. The fourth-order valence-electron chi connectivity index (χ4n) is 2.19. The summed E-state index contributed by atoms with van der Waals surface area (Å²) >= 11 is 0. The summed E-state index contributed by atoms with van der Waals surface area (Å²) in [5, 5.41) is 12.6. The molecular formula is C13H16FN3. The predicted molar refractivity (Wildman–Crippen MR) is 63.9 cm³/mol. The second-order valence-electron chi connectivity index (χ2n) is 4.32. The zero-order chi connectivity index (χ0) is 12.3. The average molecular weight is 233 g/mol. The molecule has 1 atom stereocenters. The molecule has 90 valence electrons. The Hall–Kier alpha value is -1.44. The molecule has 0 aliphatic carbocycles. The molecule has 2 rings (SSSR count). The molecule has 3 nitrogen and oxygen atoms in total. The first kappa shape index (κ1) is 12.0. The van der Waals surface area contributed by atoms with Crippen LogP contribution in [0.25, 0.3) is 0 Å². The monoisotopic (exact) mass is 233 g/mol. The topological polar surface area (TPSA) is 39.1 Å². The minimum atomic E-state index is -0.340. The number of aryl methyl sites for hydroxylation is 1. The maximum Gasteiger partial charge on any atom is 0.124 e. The Morgan fingerprint density at radius 1 is 1.41 bits per heavy atom. The van der Waals surface area contributed by atoms with Gasteiger partial charge in [-0.3, -0.25) is 4.90 Å². The smallest absolute Gasteiger partial charge is 0.124 e. The van der Waals surface area contributed by atoms with Gasteiger partial charge in [-0.15, -0.1) is 0 Å². The standard InChI is InChI=1S/C13H16FN3/c1-10-2-3-11(14)8-12(10)13(9-15)17-6-4-16-5-7-17/h2-3,8,13,16H,4-7H2,1H3. The van der Waals surface area contributed by atoms with Crippen LogP contribution in [0.2, 0.25) is 0 Å². The summed E-state index contributed by atoms with van der Waals surface area (Å²) in [7, 11) is 0. The molecule has 0 bridgehead atoms. The molecule has 1 aliphatic heterocycles. The van der Waals surface area contributed by atoms with Gasteiger partial charge in [0.2, 0.25) is 0 Å². The summed E-state index contributed by atoms with van der Waals surface area (Å²) < 4.78 is 13.3. The van der Waals surface area contributed by atoms with E-state index in [9.17, 15) is 9.65 Å². The first-order chi connectivity index (χ1) is 8.22. The minimum Gasteiger partial charge on any atom is -0.314 e. The highest BCUT2D eigenvalue weighted by atomic mass is 19.1. The van der Waals surface area contributed by atoms with E-state index in [2.05, 4.69) is 16.3 Å². The van der Waals surface area contributed by atoms with Crippen LogP contribution < -0.4 is 5.32 Å². The van der Waals surface area contributed by atoms with Crippen molar-refractivity contribution in [2.45, 2.75) is 13.0 Å². The maximum absolute atomic E-state index is 13.3. The molecule has 0 spiro atoms. The van der Waals surface area contributed by atoms with Crippen LogP contribution in [0.1, 0.15) is 17.2 Å². The quantitative estimate of drug-likeness (QED) is 0.843. The van der Waals surface area contributed by atoms with Crippen LogP contribution in [-0.4, -0.2) is 31.1 Å². The highest BCUT2D eigenvalue weighted by molar-refractivity contribution is 5.33. The third-order valence-electron chi connectivity index (χ3n) is 3.17. The fourth-order valence-corrected chi connectivity index (χ4v) is 2.19. The van der Waals surface area contributed by atoms with Gasteiger partial charge in [0.1, 0.15) is 11.9 Å². The van der Waals surface area contributed by atoms with Crippen LogP contribution in [0.5, 0.6) is 0 Å². The van der Waals surface area contributed by atoms with Gasteiger partial charge in [0.25, 0.3) is 0 Å². The zero-order valence-corrected chi connectivity index (χ0v) is 9.91. The van der Waals surface area contributed by atoms with E-state index in [1.165, 1.54) is 12.1 Å². The van der Waals surface area contributed by atoms with E-state index >= 15 is 0 Å². The number of nitriles is 1. The summed E-state index contributed by atoms with van der Waals surface area (Å²) in [5.41, 5.74) is 1.76. The van der Waals surface area contributed by atoms with Crippen molar-refractivity contribution >= 4 is 0 Å². The number of piperazine rings is 1. The van der Waals surface area contributed by atoms with Crippen molar-refractivity contribution in [2.75, 3.05) is 26.2 Å². The molecule has 1 heterocycles. The van der Waals surface area contributed by atoms with E-state index in [1.807, 2.05) is 6.92 Å². The van der Waals surface area contributed by atoms with Crippen molar-refractivity contribution in [3.8, 4) is 6.07 Å². The molecule has 1 unspecified atom stereocenters. The number of rotatable bonds is 2. The first-order valence-corrected chi connectivity index (χ1v) is 5.83. The molecule has 1 aliphatic rings. The summed E-state index contributed by atoms with van der Waals surface area (Å²) in [6.45, 7) is 5.34. The highest BCUT2D eigenvalue weighted by Crippen LogP contribution is 2.24. The molecule has 0 amide bonds. The van der Waals surface area contributed by atoms with Crippen LogP contribution >= 0.6 is 0 Å². The molecule has 1 aromatic carbocycles. The van der Waals surface area contributed by atoms with Gasteiger partial charge in [-0.1, -0.05) is 6.07 Å². The van der Waals surface area contributed by atoms with E-state index in [0.717, 1.165) is 37.3 Å². The number of benzene rings is 1. The number of nitrogens with one attached hydrogen (secondary N) is 1. The van der Waals surface area contributed by atoms with Gasteiger partial charge in [0.15, 0.2) is 0 Å². The molecule has 0 saturated carbocycles. The van der Waals surface area contributed by atoms with E-state index in [-0.39, 0.29) is 11.9 Å². The summed E-state index contributed by atoms with van der Waals surface area (Å²) in [6.07, 6.45) is 0. The van der Waals surface area contributed by atoms with Crippen molar-refractivity contribution in [2.24, 2.45) is 0 Å². The van der Waals surface area contributed by atoms with Gasteiger partial charge >= 0.3 is 0 Å². The Labute approximate surface area is 101 Å². The van der Waals surface area contributed by atoms with Crippen LogP contribution in [0, 0.1) is 24.1 Å². The summed E-state index contributed by atoms with van der Waals surface area (Å²) in [5.74, 6) is -0.277. The van der Waals surface area contributed by atoms with Gasteiger partial charge < -0.3 is 5.32 Å². The molecule has 17 heavy (non-hydrogen) atoms. The van der Waals surface area contributed by atoms with Crippen LogP contribution in [0.3, 0.4) is 0 Å². The lowest BCUT2D eigenvalue weighted by Crippen LogP contribution is -2.45. The molecule has 0 aromatic heterocycles. The Morgan fingerprint density at radius 3 is 2.76 bits per heavy atom. The van der Waals surface area contributed by atoms with E-state index in [1.54, 1.807) is 6.07 Å². The third kappa shape index (κ3) is 2.63. The maximum atomic E-state index is 13.3. The fraction of sp³-hybridized carbons (Fsp3) is 0.462. The second-order valence-corrected chi connectivity index (χ2v) is 4.32. The predicted octanol–water partition coefficient (Wildman–Crippen LogP) is 1.60. The Kier molecular flexibility index (Phi) is 3.72. The number of hydrogen-bond acceptors (Lipinski definition) is 3. The minimum absolute atomic E-state index is 0.277. The van der Waals surface area contributed by atoms with Crippen molar-refractivity contribution in [1.82, 2.24) is 10.2 Å². The SMILES string of the molecule is Cc1ccc(F)cc1C(C#N)N1CCNCC1. The summed E-state index contributed by atoms with van der Waals surface area (Å²) in [6, 6.07) is 6.59. The van der Waals surface area contributed by atoms with Crippen molar-refractivity contribution in [1.29, 1.82) is 5.26 Å². The largest absolute Gasteiger partial charge is 0.314 e. The molecule has 1 aromatic rings. The lowest BCUT2D eigenvalue weighted by molar-refractivity contribution is 0.207. The van der Waals surface area contributed by atoms with Crippen molar-refractivity contribution < 1.29 is 4.39 Å². The third-order valence-corrected chi connectivity index (χ3v) is 3.17. The van der Waals surface area contributed by atoms with E-state index in [0.29, 0.717) is 0 Å². The number of halogens is 1. The van der Waals surface area contributed by atoms with Crippen molar-refractivity contribution in [3.05, 3.63) is 35.1 Å². The van der Waals surface area contributed by atoms with Crippen LogP contribution in [0.4, 0.5) is 4.39 Å². The molecular weight excluding hydrogens is 217 g/mol. The summed E-state index contributed by atoms with van der Waals surface area (Å²) in [4.78, 5) is 2.10. The zero-order valence-electron chi connectivity index (χ0n) is 9.91.